The van der Waals surface area contributed by atoms with E-state index in [4.69, 9.17) is 0 Å². The van der Waals surface area contributed by atoms with Crippen molar-refractivity contribution in [2.75, 3.05) is 0 Å². The maximum atomic E-state index is 13.2. The number of hydrogen-bond acceptors (Lipinski definition) is 2. The molecule has 0 atom stereocenters. The average molecular weight is 362 g/mol. The van der Waals surface area contributed by atoms with Gasteiger partial charge in [0.25, 0.3) is 5.56 Å². The molecule has 17 heavy (non-hydrogen) atoms. The zero-order chi connectivity index (χ0) is 12.4. The number of benzene rings is 1. The van der Waals surface area contributed by atoms with Crippen LogP contribution in [0.3, 0.4) is 0 Å². The summed E-state index contributed by atoms with van der Waals surface area (Å²) in [7, 11) is 0. The molecule has 0 fully saturated rings. The lowest BCUT2D eigenvalue weighted by atomic mass is 10.2. The molecule has 3 nitrogen and oxygen atoms in total. The van der Waals surface area contributed by atoms with Crippen LogP contribution in [0.4, 0.5) is 4.39 Å². The second kappa shape index (κ2) is 5.10. The molecular weight excluding hydrogens is 355 g/mol. The van der Waals surface area contributed by atoms with Crippen molar-refractivity contribution in [2.45, 2.75) is 6.54 Å². The molecule has 88 valence electrons. The molecule has 1 aromatic carbocycles. The smallest absolute Gasteiger partial charge is 0.267 e. The highest BCUT2D eigenvalue weighted by Gasteiger charge is 2.04. The molecular formula is C11H7Br2FN2O. The summed E-state index contributed by atoms with van der Waals surface area (Å²) >= 11 is 6.32. The third-order valence-corrected chi connectivity index (χ3v) is 3.14. The van der Waals surface area contributed by atoms with E-state index in [-0.39, 0.29) is 17.9 Å². The van der Waals surface area contributed by atoms with Crippen LogP contribution in [0.25, 0.3) is 0 Å². The van der Waals surface area contributed by atoms with Crippen LogP contribution < -0.4 is 5.56 Å². The first-order valence-electron chi connectivity index (χ1n) is 4.71. The molecule has 0 aliphatic heterocycles. The zero-order valence-electron chi connectivity index (χ0n) is 8.53. The van der Waals surface area contributed by atoms with Crippen molar-refractivity contribution in [1.82, 2.24) is 9.55 Å². The molecule has 0 spiro atoms. The summed E-state index contributed by atoms with van der Waals surface area (Å²) in [6, 6.07) is 4.51. The molecule has 2 rings (SSSR count). The Hall–Kier alpha value is -1.01. The van der Waals surface area contributed by atoms with Gasteiger partial charge in [-0.25, -0.2) is 9.37 Å². The van der Waals surface area contributed by atoms with Crippen LogP contribution in [0.1, 0.15) is 5.56 Å². The Balaban J connectivity index is 2.38. The van der Waals surface area contributed by atoms with Crippen molar-refractivity contribution in [3.63, 3.8) is 0 Å². The van der Waals surface area contributed by atoms with Gasteiger partial charge in [0.05, 0.1) is 12.9 Å². The van der Waals surface area contributed by atoms with Crippen molar-refractivity contribution < 1.29 is 4.39 Å². The van der Waals surface area contributed by atoms with E-state index in [1.54, 1.807) is 6.07 Å². The number of nitrogens with zero attached hydrogens (tertiary/aromatic N) is 2. The highest BCUT2D eigenvalue weighted by atomic mass is 79.9. The van der Waals surface area contributed by atoms with E-state index in [1.807, 2.05) is 0 Å². The predicted molar refractivity (Wildman–Crippen MR) is 69.4 cm³/mol. The Morgan fingerprint density at radius 2 is 2.06 bits per heavy atom. The Bertz CT molecular complexity index is 592. The van der Waals surface area contributed by atoms with Gasteiger partial charge in [-0.2, -0.15) is 0 Å². The van der Waals surface area contributed by atoms with Gasteiger partial charge in [-0.15, -0.1) is 0 Å². The number of aromatic nitrogens is 2. The fraction of sp³-hybridized carbons (Fsp3) is 0.0909. The molecule has 0 unspecified atom stereocenters. The van der Waals surface area contributed by atoms with Gasteiger partial charge in [-0.3, -0.25) is 9.36 Å². The lowest BCUT2D eigenvalue weighted by molar-refractivity contribution is 0.621. The number of hydrogen-bond donors (Lipinski definition) is 0. The molecule has 0 saturated heterocycles. The quantitative estimate of drug-likeness (QED) is 0.824. The van der Waals surface area contributed by atoms with Gasteiger partial charge in [-0.05, 0) is 39.7 Å². The zero-order valence-corrected chi connectivity index (χ0v) is 11.7. The van der Waals surface area contributed by atoms with Gasteiger partial charge >= 0.3 is 0 Å². The Morgan fingerprint density at radius 1 is 1.29 bits per heavy atom. The van der Waals surface area contributed by atoms with Gasteiger partial charge in [0.15, 0.2) is 0 Å². The normalized spacial score (nSPS) is 10.5. The molecule has 0 amide bonds. The molecule has 0 bridgehead atoms. The summed E-state index contributed by atoms with van der Waals surface area (Å²) in [5.74, 6) is -0.342. The third kappa shape index (κ3) is 3.01. The molecule has 1 heterocycles. The van der Waals surface area contributed by atoms with Gasteiger partial charge in [0, 0.05) is 10.7 Å². The van der Waals surface area contributed by atoms with E-state index in [9.17, 15) is 9.18 Å². The van der Waals surface area contributed by atoms with Crippen LogP contribution >= 0.6 is 31.9 Å². The van der Waals surface area contributed by atoms with E-state index in [2.05, 4.69) is 36.8 Å². The SMILES string of the molecule is O=c1c(Br)cncn1Cc1cc(F)cc(Br)c1. The second-order valence-electron chi connectivity index (χ2n) is 3.45. The van der Waals surface area contributed by atoms with Crippen LogP contribution in [-0.2, 0) is 6.54 Å². The van der Waals surface area contributed by atoms with E-state index in [1.165, 1.54) is 29.2 Å². The van der Waals surface area contributed by atoms with Crippen molar-refractivity contribution in [2.24, 2.45) is 0 Å². The van der Waals surface area contributed by atoms with E-state index < -0.39 is 0 Å². The molecule has 1 aromatic heterocycles. The lowest BCUT2D eigenvalue weighted by Crippen LogP contribution is -2.21. The second-order valence-corrected chi connectivity index (χ2v) is 5.22. The van der Waals surface area contributed by atoms with Crippen LogP contribution in [-0.4, -0.2) is 9.55 Å². The van der Waals surface area contributed by atoms with E-state index in [0.717, 1.165) is 0 Å². The van der Waals surface area contributed by atoms with Gasteiger partial charge in [0.2, 0.25) is 0 Å². The minimum absolute atomic E-state index is 0.194. The molecule has 0 aliphatic carbocycles. The summed E-state index contributed by atoms with van der Waals surface area (Å²) < 4.78 is 15.6. The van der Waals surface area contributed by atoms with Crippen molar-refractivity contribution in [3.05, 3.63) is 61.4 Å². The van der Waals surface area contributed by atoms with Crippen LogP contribution in [0.2, 0.25) is 0 Å². The highest BCUT2D eigenvalue weighted by molar-refractivity contribution is 9.10. The summed E-state index contributed by atoms with van der Waals surface area (Å²) in [6.07, 6.45) is 2.85. The van der Waals surface area contributed by atoms with Crippen LogP contribution in [0, 0.1) is 5.82 Å². The molecule has 6 heteroatoms. The third-order valence-electron chi connectivity index (χ3n) is 2.13. The first kappa shape index (κ1) is 12.4. The summed E-state index contributed by atoms with van der Waals surface area (Å²) in [5.41, 5.74) is 0.499. The van der Waals surface area contributed by atoms with Crippen molar-refractivity contribution >= 4 is 31.9 Å². The van der Waals surface area contributed by atoms with Gasteiger partial charge in [0.1, 0.15) is 10.3 Å². The van der Waals surface area contributed by atoms with Crippen molar-refractivity contribution in [1.29, 1.82) is 0 Å². The first-order chi connectivity index (χ1) is 8.06. The first-order valence-corrected chi connectivity index (χ1v) is 6.30. The molecule has 2 aromatic rings. The maximum absolute atomic E-state index is 13.2. The Morgan fingerprint density at radius 3 is 2.76 bits per heavy atom. The highest BCUT2D eigenvalue weighted by Crippen LogP contribution is 2.15. The standard InChI is InChI=1S/C11H7Br2FN2O/c12-8-1-7(2-9(14)3-8)5-16-6-15-4-10(13)11(16)17/h1-4,6H,5H2. The van der Waals surface area contributed by atoms with E-state index in [0.29, 0.717) is 14.5 Å². The molecule has 0 saturated carbocycles. The monoisotopic (exact) mass is 360 g/mol. The Kier molecular flexibility index (Phi) is 3.73. The minimum atomic E-state index is -0.342. The number of rotatable bonds is 2. The van der Waals surface area contributed by atoms with Gasteiger partial charge in [-0.1, -0.05) is 15.9 Å². The minimum Gasteiger partial charge on any atom is -0.294 e. The van der Waals surface area contributed by atoms with Gasteiger partial charge < -0.3 is 0 Å². The summed E-state index contributed by atoms with van der Waals surface area (Å²) in [4.78, 5) is 15.6. The van der Waals surface area contributed by atoms with Crippen LogP contribution in [0.15, 0.2) is 44.5 Å². The topological polar surface area (TPSA) is 34.9 Å². The molecule has 0 radical (unpaired) electrons. The lowest BCUT2D eigenvalue weighted by Gasteiger charge is -2.06. The molecule has 0 aliphatic rings. The fourth-order valence-electron chi connectivity index (χ4n) is 1.44. The fourth-order valence-corrected chi connectivity index (χ4v) is 2.29. The largest absolute Gasteiger partial charge is 0.294 e. The van der Waals surface area contributed by atoms with Crippen molar-refractivity contribution in [3.8, 4) is 0 Å². The predicted octanol–water partition coefficient (Wildman–Crippen LogP) is 2.96. The van der Waals surface area contributed by atoms with E-state index >= 15 is 0 Å². The summed E-state index contributed by atoms with van der Waals surface area (Å²) in [6.45, 7) is 0.279. The van der Waals surface area contributed by atoms with Crippen LogP contribution in [0.5, 0.6) is 0 Å². The maximum Gasteiger partial charge on any atom is 0.267 e. The summed E-state index contributed by atoms with van der Waals surface area (Å²) in [5, 5.41) is 0. The average Bonchev–Trinajstić information content (AvgIpc) is 2.23. The Labute approximate surface area is 114 Å². The number of halogens is 3. The molecule has 0 N–H and O–H groups in total.